The number of carboxylic acid groups (broad SMARTS) is 1. The van der Waals surface area contributed by atoms with Crippen LogP contribution in [0.15, 0.2) is 79.3 Å². The monoisotopic (exact) mass is 437 g/mol. The number of aromatic amines is 1. The summed E-state index contributed by atoms with van der Waals surface area (Å²) in [7, 11) is 0. The lowest BCUT2D eigenvalue weighted by Crippen LogP contribution is -2.12. The number of aromatic nitrogens is 3. The molecule has 0 bridgehead atoms. The number of hydrogen-bond acceptors (Lipinski definition) is 5. The molecule has 162 valence electrons. The quantitative estimate of drug-likeness (QED) is 0.306. The molecule has 2 heterocycles. The van der Waals surface area contributed by atoms with Crippen LogP contribution in [0.4, 0.5) is 11.5 Å². The van der Waals surface area contributed by atoms with Gasteiger partial charge in [-0.3, -0.25) is 4.79 Å². The Balaban J connectivity index is 1.32. The second-order valence-electron chi connectivity index (χ2n) is 7.52. The number of fused-ring (bicyclic) bond motifs is 2. The first-order valence-corrected chi connectivity index (χ1v) is 10.3. The van der Waals surface area contributed by atoms with Gasteiger partial charge in [0.05, 0.1) is 11.1 Å². The summed E-state index contributed by atoms with van der Waals surface area (Å²) in [4.78, 5) is 35.7. The van der Waals surface area contributed by atoms with E-state index in [9.17, 15) is 14.7 Å². The highest BCUT2D eigenvalue weighted by atomic mass is 16.4. The van der Waals surface area contributed by atoms with Gasteiger partial charge in [-0.05, 0) is 53.4 Å². The lowest BCUT2D eigenvalue weighted by Gasteiger charge is -2.11. The van der Waals surface area contributed by atoms with Gasteiger partial charge in [-0.1, -0.05) is 24.3 Å². The number of carboxylic acids is 1. The Bertz CT molecular complexity index is 1510. The lowest BCUT2D eigenvalue weighted by atomic mass is 10.1. The molecule has 2 aromatic heterocycles. The Morgan fingerprint density at radius 3 is 2.73 bits per heavy atom. The minimum absolute atomic E-state index is 0.125. The minimum atomic E-state index is -1.04. The van der Waals surface area contributed by atoms with Gasteiger partial charge in [0.1, 0.15) is 12.1 Å². The zero-order valence-electron chi connectivity index (χ0n) is 17.4. The highest BCUT2D eigenvalue weighted by Gasteiger charge is 2.12. The third-order valence-corrected chi connectivity index (χ3v) is 5.36. The number of rotatable bonds is 6. The van der Waals surface area contributed by atoms with Crippen LogP contribution in [0.5, 0.6) is 0 Å². The number of carbonyl (C=O) groups excluding carboxylic acids is 1. The highest BCUT2D eigenvalue weighted by Crippen LogP contribution is 2.23. The second kappa shape index (κ2) is 8.43. The van der Waals surface area contributed by atoms with Crippen LogP contribution in [0.1, 0.15) is 26.3 Å². The van der Waals surface area contributed by atoms with E-state index in [4.69, 9.17) is 0 Å². The zero-order valence-corrected chi connectivity index (χ0v) is 17.4. The summed E-state index contributed by atoms with van der Waals surface area (Å²) in [6.07, 6.45) is 3.18. The van der Waals surface area contributed by atoms with Gasteiger partial charge in [0.15, 0.2) is 0 Å². The van der Waals surface area contributed by atoms with Gasteiger partial charge in [0.2, 0.25) is 0 Å². The van der Waals surface area contributed by atoms with E-state index in [1.54, 1.807) is 18.2 Å². The predicted octanol–water partition coefficient (Wildman–Crippen LogP) is 4.67. The van der Waals surface area contributed by atoms with Gasteiger partial charge in [-0.15, -0.1) is 0 Å². The summed E-state index contributed by atoms with van der Waals surface area (Å²) in [5.41, 5.74) is 3.57. The molecular formula is C25H19N5O3. The number of benzene rings is 3. The fourth-order valence-corrected chi connectivity index (χ4v) is 3.74. The number of nitrogens with one attached hydrogen (secondary N) is 3. The van der Waals surface area contributed by atoms with E-state index >= 15 is 0 Å². The average Bonchev–Trinajstić information content (AvgIpc) is 3.30. The number of aromatic carboxylic acids is 1. The van der Waals surface area contributed by atoms with Crippen molar-refractivity contribution in [3.63, 3.8) is 0 Å². The van der Waals surface area contributed by atoms with Gasteiger partial charge in [0.25, 0.3) is 5.91 Å². The third kappa shape index (κ3) is 4.09. The van der Waals surface area contributed by atoms with E-state index in [-0.39, 0.29) is 11.5 Å². The van der Waals surface area contributed by atoms with Crippen LogP contribution in [0, 0.1) is 0 Å². The maximum Gasteiger partial charge on any atom is 0.337 e. The van der Waals surface area contributed by atoms with E-state index in [1.165, 1.54) is 12.4 Å². The van der Waals surface area contributed by atoms with Gasteiger partial charge in [0, 0.05) is 34.9 Å². The van der Waals surface area contributed by atoms with Crippen LogP contribution in [0.3, 0.4) is 0 Å². The molecule has 5 aromatic rings. The summed E-state index contributed by atoms with van der Waals surface area (Å²) >= 11 is 0. The number of H-pyrrole nitrogens is 1. The molecule has 0 aliphatic heterocycles. The Kier molecular flexibility index (Phi) is 5.16. The topological polar surface area (TPSA) is 120 Å². The summed E-state index contributed by atoms with van der Waals surface area (Å²) < 4.78 is 0. The molecule has 0 saturated heterocycles. The molecule has 33 heavy (non-hydrogen) atoms. The third-order valence-electron chi connectivity index (χ3n) is 5.36. The smallest absolute Gasteiger partial charge is 0.337 e. The van der Waals surface area contributed by atoms with E-state index in [0.717, 1.165) is 16.5 Å². The maximum absolute atomic E-state index is 12.7. The van der Waals surface area contributed by atoms with Gasteiger partial charge < -0.3 is 20.7 Å². The molecule has 0 radical (unpaired) electrons. The van der Waals surface area contributed by atoms with E-state index in [2.05, 4.69) is 25.6 Å². The Morgan fingerprint density at radius 2 is 1.85 bits per heavy atom. The summed E-state index contributed by atoms with van der Waals surface area (Å²) in [5, 5.41) is 17.2. The molecule has 0 unspecified atom stereocenters. The van der Waals surface area contributed by atoms with Crippen molar-refractivity contribution in [2.24, 2.45) is 0 Å². The Morgan fingerprint density at radius 1 is 0.970 bits per heavy atom. The SMILES string of the molecule is O=C(Nc1cccc(CNc2ncnc3c(C(=O)O)cccc23)c1)c1ccc2cc[nH]c2c1. The molecule has 0 saturated carbocycles. The number of amides is 1. The van der Waals surface area contributed by atoms with Gasteiger partial charge in [-0.25, -0.2) is 14.8 Å². The van der Waals surface area contributed by atoms with Crippen molar-refractivity contribution in [1.29, 1.82) is 0 Å². The van der Waals surface area contributed by atoms with Gasteiger partial charge in [-0.2, -0.15) is 0 Å². The first-order chi connectivity index (χ1) is 16.1. The predicted molar refractivity (Wildman–Crippen MR) is 127 cm³/mol. The zero-order chi connectivity index (χ0) is 22.8. The average molecular weight is 437 g/mol. The van der Waals surface area contributed by atoms with Crippen molar-refractivity contribution in [3.05, 3.63) is 95.9 Å². The molecule has 3 aromatic carbocycles. The largest absolute Gasteiger partial charge is 0.478 e. The minimum Gasteiger partial charge on any atom is -0.478 e. The van der Waals surface area contributed by atoms with Crippen molar-refractivity contribution in [1.82, 2.24) is 15.0 Å². The maximum atomic E-state index is 12.7. The highest BCUT2D eigenvalue weighted by molar-refractivity contribution is 6.06. The van der Waals surface area contributed by atoms with Gasteiger partial charge >= 0.3 is 5.97 Å². The number of carbonyl (C=O) groups is 2. The molecular weight excluding hydrogens is 418 g/mol. The molecule has 0 aliphatic rings. The van der Waals surface area contributed by atoms with Crippen LogP contribution < -0.4 is 10.6 Å². The van der Waals surface area contributed by atoms with E-state index in [0.29, 0.717) is 34.5 Å². The fourth-order valence-electron chi connectivity index (χ4n) is 3.74. The number of nitrogens with zero attached hydrogens (tertiary/aromatic N) is 2. The first-order valence-electron chi connectivity index (χ1n) is 10.3. The molecule has 4 N–H and O–H groups in total. The van der Waals surface area contributed by atoms with Crippen LogP contribution in [-0.2, 0) is 6.54 Å². The summed E-state index contributed by atoms with van der Waals surface area (Å²) in [6.45, 7) is 0.432. The molecule has 0 aliphatic carbocycles. The van der Waals surface area contributed by atoms with Crippen molar-refractivity contribution in [2.75, 3.05) is 10.6 Å². The van der Waals surface area contributed by atoms with Crippen molar-refractivity contribution < 1.29 is 14.7 Å². The van der Waals surface area contributed by atoms with Crippen molar-refractivity contribution in [3.8, 4) is 0 Å². The Hall–Kier alpha value is -4.72. The van der Waals surface area contributed by atoms with E-state index < -0.39 is 5.97 Å². The number of para-hydroxylation sites is 1. The number of anilines is 2. The molecule has 0 spiro atoms. The number of hydrogen-bond donors (Lipinski definition) is 4. The molecule has 8 heteroatoms. The van der Waals surface area contributed by atoms with Crippen LogP contribution in [-0.4, -0.2) is 31.9 Å². The Labute approximate surface area is 188 Å². The first kappa shape index (κ1) is 20.2. The van der Waals surface area contributed by atoms with Crippen LogP contribution >= 0.6 is 0 Å². The van der Waals surface area contributed by atoms with Crippen molar-refractivity contribution >= 4 is 45.2 Å². The molecule has 0 fully saturated rings. The normalized spacial score (nSPS) is 10.9. The lowest BCUT2D eigenvalue weighted by molar-refractivity contribution is 0.0698. The van der Waals surface area contributed by atoms with Crippen LogP contribution in [0.2, 0.25) is 0 Å². The molecule has 1 amide bonds. The summed E-state index contributed by atoms with van der Waals surface area (Å²) in [5.74, 6) is -0.694. The summed E-state index contributed by atoms with van der Waals surface area (Å²) in [6, 6.07) is 19.9. The van der Waals surface area contributed by atoms with Crippen LogP contribution in [0.25, 0.3) is 21.8 Å². The molecule has 8 nitrogen and oxygen atoms in total. The molecule has 5 rings (SSSR count). The van der Waals surface area contributed by atoms with E-state index in [1.807, 2.05) is 48.7 Å². The van der Waals surface area contributed by atoms with Crippen molar-refractivity contribution in [2.45, 2.75) is 6.54 Å². The fraction of sp³-hybridized carbons (Fsp3) is 0.0400. The second-order valence-corrected chi connectivity index (χ2v) is 7.52. The standard InChI is InChI=1S/C25H19N5O3/c31-24(17-8-7-16-9-10-26-21(16)12-17)30-18-4-1-3-15(11-18)13-27-23-19-5-2-6-20(25(32)33)22(19)28-14-29-23/h1-12,14,26H,13H2,(H,30,31)(H,32,33)(H,27,28,29). The molecule has 0 atom stereocenters.